The zero-order chi connectivity index (χ0) is 19.3. The van der Waals surface area contributed by atoms with E-state index >= 15 is 0 Å². The van der Waals surface area contributed by atoms with Gasteiger partial charge in [0, 0.05) is 23.5 Å². The lowest BCUT2D eigenvalue weighted by molar-refractivity contribution is -0.0214. The summed E-state index contributed by atoms with van der Waals surface area (Å²) in [5.41, 5.74) is 6.04. The zero-order valence-corrected chi connectivity index (χ0v) is 15.2. The number of methoxy groups -OCH3 is 1. The van der Waals surface area contributed by atoms with Crippen molar-refractivity contribution in [2.24, 2.45) is 4.99 Å². The maximum Gasteiger partial charge on any atom is 0.351 e. The van der Waals surface area contributed by atoms with Gasteiger partial charge in [-0.1, -0.05) is 0 Å². The largest absolute Gasteiger partial charge is 0.494 e. The molecule has 28 heavy (non-hydrogen) atoms. The smallest absolute Gasteiger partial charge is 0.351 e. The van der Waals surface area contributed by atoms with E-state index in [-0.39, 0.29) is 5.75 Å². The topological polar surface area (TPSA) is 79.4 Å². The first-order valence-electron chi connectivity index (χ1n) is 8.72. The predicted molar refractivity (Wildman–Crippen MR) is 103 cm³/mol. The van der Waals surface area contributed by atoms with Crippen LogP contribution in [-0.4, -0.2) is 26.0 Å². The third-order valence-corrected chi connectivity index (χ3v) is 4.79. The maximum absolute atomic E-state index is 14.2. The van der Waals surface area contributed by atoms with Crippen LogP contribution < -0.4 is 30.5 Å². The summed E-state index contributed by atoms with van der Waals surface area (Å²) in [6.45, 7) is 2.36. The number of benzene rings is 2. The number of nitrogens with one attached hydrogen (secondary N) is 3. The van der Waals surface area contributed by atoms with Crippen LogP contribution in [0.3, 0.4) is 0 Å². The number of nitrogens with zero attached hydrogens (tertiary/aromatic N) is 2. The third kappa shape index (κ3) is 2.43. The van der Waals surface area contributed by atoms with Gasteiger partial charge in [0.05, 0.1) is 18.5 Å². The normalized spacial score (nSPS) is 21.8. The molecule has 5 rings (SSSR count). The molecule has 0 aromatic heterocycles. The average Bonchev–Trinajstić information content (AvgIpc) is 3.27. The SMILES string of the molecule is COc1ccc(NC23N=CC(C)=C(NO2)N3c2ccc3c(c2)NCO3)cc1F. The number of rotatable bonds is 4. The van der Waals surface area contributed by atoms with Crippen molar-refractivity contribution in [3.8, 4) is 11.5 Å². The van der Waals surface area contributed by atoms with Gasteiger partial charge in [0.15, 0.2) is 18.3 Å². The molecule has 0 spiro atoms. The molecule has 3 N–H and O–H groups in total. The summed E-state index contributed by atoms with van der Waals surface area (Å²) in [5.74, 6) is -0.0831. The molecule has 1 unspecified atom stereocenters. The number of fused-ring (bicyclic) bond motifs is 3. The van der Waals surface area contributed by atoms with Crippen LogP contribution in [0.15, 0.2) is 52.8 Å². The quantitative estimate of drug-likeness (QED) is 0.749. The Kier molecular flexibility index (Phi) is 3.59. The van der Waals surface area contributed by atoms with Crippen molar-refractivity contribution in [1.29, 1.82) is 0 Å². The number of ether oxygens (including phenoxy) is 2. The van der Waals surface area contributed by atoms with Crippen LogP contribution in [-0.2, 0) is 4.84 Å². The lowest BCUT2D eigenvalue weighted by Crippen LogP contribution is -2.51. The van der Waals surface area contributed by atoms with E-state index in [1.54, 1.807) is 18.3 Å². The molecule has 0 radical (unpaired) electrons. The highest BCUT2D eigenvalue weighted by molar-refractivity contribution is 5.85. The molecule has 1 fully saturated rings. The summed E-state index contributed by atoms with van der Waals surface area (Å²) >= 11 is 0. The van der Waals surface area contributed by atoms with Gasteiger partial charge in [0.1, 0.15) is 11.6 Å². The van der Waals surface area contributed by atoms with E-state index < -0.39 is 11.8 Å². The van der Waals surface area contributed by atoms with E-state index in [9.17, 15) is 4.39 Å². The van der Waals surface area contributed by atoms with Gasteiger partial charge in [-0.15, -0.1) is 0 Å². The highest BCUT2D eigenvalue weighted by Gasteiger charge is 2.49. The lowest BCUT2D eigenvalue weighted by atomic mass is 10.2. The molecule has 9 heteroatoms. The minimum absolute atomic E-state index is 0.165. The van der Waals surface area contributed by atoms with E-state index in [1.165, 1.54) is 13.2 Å². The fourth-order valence-corrected chi connectivity index (χ4v) is 3.41. The molecule has 2 aromatic rings. The Balaban J connectivity index is 1.55. The highest BCUT2D eigenvalue weighted by atomic mass is 19.1. The molecule has 2 aromatic carbocycles. The molecule has 1 atom stereocenters. The maximum atomic E-state index is 14.2. The van der Waals surface area contributed by atoms with Crippen molar-refractivity contribution >= 4 is 23.3 Å². The van der Waals surface area contributed by atoms with Crippen molar-refractivity contribution in [3.05, 3.63) is 53.6 Å². The van der Waals surface area contributed by atoms with Crippen LogP contribution >= 0.6 is 0 Å². The Morgan fingerprint density at radius 3 is 3.00 bits per heavy atom. The molecular formula is C19H18FN5O3. The summed E-state index contributed by atoms with van der Waals surface area (Å²) in [7, 11) is 1.42. The minimum Gasteiger partial charge on any atom is -0.494 e. The standard InChI is InChI=1S/C19H18FN5O3/c1-11-9-22-19(23-12-3-5-16(26-2)14(20)7-12)25(18(11)24-28-19)13-4-6-17-15(8-13)21-10-27-17/h3-9,21,23-24H,10H2,1-2H3. The van der Waals surface area contributed by atoms with Gasteiger partial charge in [0.25, 0.3) is 0 Å². The Bertz CT molecular complexity index is 1020. The van der Waals surface area contributed by atoms with Crippen LogP contribution in [0, 0.1) is 5.82 Å². The molecule has 0 amide bonds. The number of hydrogen-bond donors (Lipinski definition) is 3. The molecule has 1 saturated heterocycles. The number of hydroxylamine groups is 1. The number of hydrogen-bond acceptors (Lipinski definition) is 8. The Morgan fingerprint density at radius 1 is 1.29 bits per heavy atom. The minimum atomic E-state index is -1.30. The van der Waals surface area contributed by atoms with Gasteiger partial charge in [-0.2, -0.15) is 0 Å². The number of halogens is 1. The van der Waals surface area contributed by atoms with E-state index in [2.05, 4.69) is 21.1 Å². The molecule has 0 saturated carbocycles. The summed E-state index contributed by atoms with van der Waals surface area (Å²) in [6, 6.07) is 10.4. The van der Waals surface area contributed by atoms with E-state index in [4.69, 9.17) is 14.3 Å². The summed E-state index contributed by atoms with van der Waals surface area (Å²) in [6.07, 6.45) is 1.72. The van der Waals surface area contributed by atoms with Crippen LogP contribution in [0.2, 0.25) is 0 Å². The summed E-state index contributed by atoms with van der Waals surface area (Å²) in [4.78, 5) is 12.3. The molecule has 144 valence electrons. The van der Waals surface area contributed by atoms with Crippen molar-refractivity contribution in [2.45, 2.75) is 12.9 Å². The van der Waals surface area contributed by atoms with Crippen molar-refractivity contribution in [2.75, 3.05) is 29.4 Å². The van der Waals surface area contributed by atoms with Crippen LogP contribution in [0.25, 0.3) is 0 Å². The van der Waals surface area contributed by atoms with Gasteiger partial charge in [-0.05, 0) is 37.3 Å². The molecule has 3 aliphatic heterocycles. The van der Waals surface area contributed by atoms with Gasteiger partial charge in [-0.3, -0.25) is 4.90 Å². The van der Waals surface area contributed by atoms with Gasteiger partial charge >= 0.3 is 5.97 Å². The predicted octanol–water partition coefficient (Wildman–Crippen LogP) is 2.98. The Hall–Kier alpha value is -3.46. The summed E-state index contributed by atoms with van der Waals surface area (Å²) in [5, 5.41) is 6.35. The number of aliphatic imine (C=N–C) groups is 1. The molecule has 8 nitrogen and oxygen atoms in total. The fourth-order valence-electron chi connectivity index (χ4n) is 3.41. The molecule has 0 aliphatic carbocycles. The monoisotopic (exact) mass is 383 g/mol. The molecule has 2 bridgehead atoms. The van der Waals surface area contributed by atoms with Crippen molar-refractivity contribution in [1.82, 2.24) is 5.48 Å². The second-order valence-corrected chi connectivity index (χ2v) is 6.56. The van der Waals surface area contributed by atoms with Gasteiger partial charge < -0.3 is 20.1 Å². The first-order valence-corrected chi connectivity index (χ1v) is 8.72. The Labute approximate surface area is 160 Å². The zero-order valence-electron chi connectivity index (χ0n) is 15.2. The van der Waals surface area contributed by atoms with Gasteiger partial charge in [0.2, 0.25) is 0 Å². The van der Waals surface area contributed by atoms with Crippen LogP contribution in [0.1, 0.15) is 6.92 Å². The summed E-state index contributed by atoms with van der Waals surface area (Å²) < 4.78 is 24.7. The van der Waals surface area contributed by atoms with Crippen LogP contribution in [0.4, 0.5) is 21.5 Å². The Morgan fingerprint density at radius 2 is 2.18 bits per heavy atom. The first kappa shape index (κ1) is 16.7. The van der Waals surface area contributed by atoms with E-state index in [1.807, 2.05) is 30.0 Å². The fraction of sp³-hybridized carbons (Fsp3) is 0.211. The second kappa shape index (κ2) is 6.03. The van der Waals surface area contributed by atoms with Crippen molar-refractivity contribution < 1.29 is 18.7 Å². The third-order valence-electron chi connectivity index (χ3n) is 4.79. The van der Waals surface area contributed by atoms with Gasteiger partial charge in [-0.25, -0.2) is 19.7 Å². The number of anilines is 3. The van der Waals surface area contributed by atoms with E-state index in [0.717, 1.165) is 28.5 Å². The van der Waals surface area contributed by atoms with Crippen molar-refractivity contribution in [3.63, 3.8) is 0 Å². The average molecular weight is 383 g/mol. The van der Waals surface area contributed by atoms with E-state index in [0.29, 0.717) is 12.4 Å². The second-order valence-electron chi connectivity index (χ2n) is 6.56. The number of allylic oxidation sites excluding steroid dienone is 1. The van der Waals surface area contributed by atoms with Crippen LogP contribution in [0.5, 0.6) is 11.5 Å². The molecular weight excluding hydrogens is 365 g/mol. The molecule has 3 heterocycles. The first-order chi connectivity index (χ1) is 13.6. The highest BCUT2D eigenvalue weighted by Crippen LogP contribution is 2.42. The molecule has 3 aliphatic rings. The lowest BCUT2D eigenvalue weighted by Gasteiger charge is -2.36.